The maximum Gasteiger partial charge on any atom is 0.219 e. The topological polar surface area (TPSA) is 48.1 Å². The number of aryl methyl sites for hydroxylation is 2. The molecule has 0 fully saturated rings. The van der Waals surface area contributed by atoms with Crippen LogP contribution in [0.4, 0.5) is 0 Å². The first-order valence-electron chi connectivity index (χ1n) is 6.45. The molecule has 2 rings (SSSR count). The zero-order valence-electron chi connectivity index (χ0n) is 11.9. The van der Waals surface area contributed by atoms with Crippen molar-refractivity contribution in [2.45, 2.75) is 33.7 Å². The van der Waals surface area contributed by atoms with Crippen LogP contribution in [0.5, 0.6) is 11.6 Å². The van der Waals surface area contributed by atoms with Gasteiger partial charge in [0.25, 0.3) is 0 Å². The van der Waals surface area contributed by atoms with Crippen LogP contribution in [0.25, 0.3) is 0 Å². The molecule has 0 aliphatic carbocycles. The van der Waals surface area contributed by atoms with Gasteiger partial charge in [0.2, 0.25) is 5.88 Å². The molecule has 2 aromatic rings. The Balaban J connectivity index is 2.29. The van der Waals surface area contributed by atoms with Gasteiger partial charge in [0.1, 0.15) is 5.75 Å². The summed E-state index contributed by atoms with van der Waals surface area (Å²) in [5, 5.41) is 0. The van der Waals surface area contributed by atoms with E-state index in [-0.39, 0.29) is 6.04 Å². The highest BCUT2D eigenvalue weighted by Crippen LogP contribution is 2.29. The normalized spacial score (nSPS) is 12.3. The fourth-order valence-electron chi connectivity index (χ4n) is 1.91. The summed E-state index contributed by atoms with van der Waals surface area (Å²) in [7, 11) is 0. The molecule has 0 aliphatic rings. The number of ether oxygens (including phenoxy) is 1. The molecule has 1 unspecified atom stereocenters. The van der Waals surface area contributed by atoms with Crippen molar-refractivity contribution < 1.29 is 4.74 Å². The fourth-order valence-corrected chi connectivity index (χ4v) is 1.91. The quantitative estimate of drug-likeness (QED) is 0.908. The molecule has 2 N–H and O–H groups in total. The second-order valence-electron chi connectivity index (χ2n) is 4.97. The molecule has 0 aliphatic heterocycles. The molecule has 3 heteroatoms. The van der Waals surface area contributed by atoms with Crippen molar-refractivity contribution >= 4 is 0 Å². The first-order chi connectivity index (χ1) is 8.99. The van der Waals surface area contributed by atoms with Crippen LogP contribution in [0, 0.1) is 20.8 Å². The van der Waals surface area contributed by atoms with Crippen LogP contribution >= 0.6 is 0 Å². The lowest BCUT2D eigenvalue weighted by molar-refractivity contribution is 0.455. The average molecular weight is 256 g/mol. The summed E-state index contributed by atoms with van der Waals surface area (Å²) in [6, 6.07) is 7.97. The lowest BCUT2D eigenvalue weighted by atomic mass is 10.1. The number of nitrogens with two attached hydrogens (primary N) is 1. The average Bonchev–Trinajstić information content (AvgIpc) is 2.40. The van der Waals surface area contributed by atoms with Crippen molar-refractivity contribution in [2.24, 2.45) is 5.73 Å². The molecular formula is C16H20N2O. The summed E-state index contributed by atoms with van der Waals surface area (Å²) >= 11 is 0. The van der Waals surface area contributed by atoms with E-state index in [0.717, 1.165) is 22.4 Å². The number of benzene rings is 1. The van der Waals surface area contributed by atoms with Gasteiger partial charge in [-0.15, -0.1) is 0 Å². The monoisotopic (exact) mass is 256 g/mol. The van der Waals surface area contributed by atoms with Crippen molar-refractivity contribution in [3.05, 3.63) is 52.7 Å². The Kier molecular flexibility index (Phi) is 3.86. The van der Waals surface area contributed by atoms with Crippen LogP contribution < -0.4 is 10.5 Å². The highest BCUT2D eigenvalue weighted by Gasteiger charge is 2.08. The van der Waals surface area contributed by atoms with Crippen LogP contribution in [0.15, 0.2) is 30.5 Å². The molecule has 0 saturated heterocycles. The standard InChI is InChI=1S/C16H20N2O/c1-10-5-6-11(2)16(12(10)3)19-15-8-7-14(9-18-15)13(4)17/h5-9,13H,17H2,1-4H3. The SMILES string of the molecule is Cc1ccc(C)c(Oc2ccc(C(C)N)cn2)c1C. The van der Waals surface area contributed by atoms with Crippen LogP contribution in [0.3, 0.4) is 0 Å². The Morgan fingerprint density at radius 3 is 2.32 bits per heavy atom. The van der Waals surface area contributed by atoms with E-state index < -0.39 is 0 Å². The number of pyridine rings is 1. The predicted octanol–water partition coefficient (Wildman–Crippen LogP) is 3.82. The Bertz CT molecular complexity index is 574. The Morgan fingerprint density at radius 1 is 1.05 bits per heavy atom. The molecule has 100 valence electrons. The molecule has 0 saturated carbocycles. The smallest absolute Gasteiger partial charge is 0.219 e. The predicted molar refractivity (Wildman–Crippen MR) is 77.6 cm³/mol. The van der Waals surface area contributed by atoms with E-state index in [9.17, 15) is 0 Å². The number of aromatic nitrogens is 1. The van der Waals surface area contributed by atoms with Crippen molar-refractivity contribution in [1.29, 1.82) is 0 Å². The third-order valence-corrected chi connectivity index (χ3v) is 3.37. The van der Waals surface area contributed by atoms with Crippen LogP contribution in [-0.4, -0.2) is 4.98 Å². The van der Waals surface area contributed by atoms with E-state index >= 15 is 0 Å². The third kappa shape index (κ3) is 2.93. The van der Waals surface area contributed by atoms with Crippen LogP contribution in [0.2, 0.25) is 0 Å². The fraction of sp³-hybridized carbons (Fsp3) is 0.312. The van der Waals surface area contributed by atoms with Gasteiger partial charge < -0.3 is 10.5 Å². The lowest BCUT2D eigenvalue weighted by Gasteiger charge is -2.13. The number of hydrogen-bond acceptors (Lipinski definition) is 3. The van der Waals surface area contributed by atoms with Crippen molar-refractivity contribution in [3.8, 4) is 11.6 Å². The molecule has 0 bridgehead atoms. The molecule has 1 aromatic carbocycles. The minimum Gasteiger partial charge on any atom is -0.438 e. The third-order valence-electron chi connectivity index (χ3n) is 3.37. The molecule has 1 heterocycles. The molecule has 0 spiro atoms. The van der Waals surface area contributed by atoms with E-state index in [0.29, 0.717) is 5.88 Å². The zero-order valence-corrected chi connectivity index (χ0v) is 11.9. The highest BCUT2D eigenvalue weighted by molar-refractivity contribution is 5.46. The Morgan fingerprint density at radius 2 is 1.74 bits per heavy atom. The largest absolute Gasteiger partial charge is 0.438 e. The van der Waals surface area contributed by atoms with Gasteiger partial charge >= 0.3 is 0 Å². The molecule has 1 atom stereocenters. The summed E-state index contributed by atoms with van der Waals surface area (Å²) in [5.74, 6) is 1.49. The number of hydrogen-bond donors (Lipinski definition) is 1. The van der Waals surface area contributed by atoms with E-state index in [4.69, 9.17) is 10.5 Å². The minimum absolute atomic E-state index is 0.0102. The van der Waals surface area contributed by atoms with Crippen LogP contribution in [0.1, 0.15) is 35.2 Å². The van der Waals surface area contributed by atoms with E-state index in [1.165, 1.54) is 5.56 Å². The van der Waals surface area contributed by atoms with E-state index in [1.54, 1.807) is 6.20 Å². The van der Waals surface area contributed by atoms with Gasteiger partial charge in [-0.1, -0.05) is 18.2 Å². The second-order valence-corrected chi connectivity index (χ2v) is 4.97. The van der Waals surface area contributed by atoms with Gasteiger partial charge in [-0.3, -0.25) is 0 Å². The van der Waals surface area contributed by atoms with Gasteiger partial charge in [0.05, 0.1) is 0 Å². The summed E-state index contributed by atoms with van der Waals surface area (Å²) in [6.07, 6.45) is 1.76. The highest BCUT2D eigenvalue weighted by atomic mass is 16.5. The Hall–Kier alpha value is -1.87. The number of nitrogens with zero attached hydrogens (tertiary/aromatic N) is 1. The van der Waals surface area contributed by atoms with E-state index in [1.807, 2.05) is 26.0 Å². The molecule has 0 amide bonds. The molecule has 0 radical (unpaired) electrons. The first kappa shape index (κ1) is 13.6. The van der Waals surface area contributed by atoms with Crippen molar-refractivity contribution in [1.82, 2.24) is 4.98 Å². The maximum absolute atomic E-state index is 5.90. The number of rotatable bonds is 3. The Labute approximate surface area is 114 Å². The summed E-state index contributed by atoms with van der Waals surface area (Å²) in [6.45, 7) is 8.12. The summed E-state index contributed by atoms with van der Waals surface area (Å²) in [4.78, 5) is 4.30. The summed E-state index contributed by atoms with van der Waals surface area (Å²) in [5.41, 5.74) is 10.3. The maximum atomic E-state index is 5.90. The molecule has 1 aromatic heterocycles. The minimum atomic E-state index is -0.0102. The molecule has 3 nitrogen and oxygen atoms in total. The van der Waals surface area contributed by atoms with Gasteiger partial charge in [0, 0.05) is 18.3 Å². The first-order valence-corrected chi connectivity index (χ1v) is 6.45. The summed E-state index contributed by atoms with van der Waals surface area (Å²) < 4.78 is 5.90. The zero-order chi connectivity index (χ0) is 14.0. The van der Waals surface area contributed by atoms with Gasteiger partial charge in [-0.25, -0.2) is 4.98 Å². The lowest BCUT2D eigenvalue weighted by Crippen LogP contribution is -2.05. The molecular weight excluding hydrogens is 236 g/mol. The van der Waals surface area contributed by atoms with Crippen LogP contribution in [-0.2, 0) is 0 Å². The van der Waals surface area contributed by atoms with E-state index in [2.05, 4.69) is 31.0 Å². The van der Waals surface area contributed by atoms with Gasteiger partial charge in [0.15, 0.2) is 0 Å². The van der Waals surface area contributed by atoms with Gasteiger partial charge in [-0.2, -0.15) is 0 Å². The van der Waals surface area contributed by atoms with Crippen molar-refractivity contribution in [2.75, 3.05) is 0 Å². The van der Waals surface area contributed by atoms with Crippen molar-refractivity contribution in [3.63, 3.8) is 0 Å². The molecule has 19 heavy (non-hydrogen) atoms. The van der Waals surface area contributed by atoms with Gasteiger partial charge in [-0.05, 0) is 49.9 Å². The second kappa shape index (κ2) is 5.41.